The molecule has 1 fully saturated rings. The van der Waals surface area contributed by atoms with Crippen LogP contribution in [-0.2, 0) is 11.8 Å². The van der Waals surface area contributed by atoms with Gasteiger partial charge in [0.25, 0.3) is 0 Å². The van der Waals surface area contributed by atoms with Crippen LogP contribution >= 0.6 is 35.8 Å². The highest BCUT2D eigenvalue weighted by atomic mass is 35.5. The SMILES string of the molecule is Cl.Cn1cnnc1Sc1ccc(NC(=O)C2CCNCC2)cc1Cl. The van der Waals surface area contributed by atoms with Gasteiger partial charge >= 0.3 is 0 Å². The predicted molar refractivity (Wildman–Crippen MR) is 98.0 cm³/mol. The molecule has 1 amide bonds. The molecule has 0 spiro atoms. The number of aromatic nitrogens is 3. The van der Waals surface area contributed by atoms with Crippen LogP contribution in [0.1, 0.15) is 12.8 Å². The number of halogens is 2. The molecule has 0 bridgehead atoms. The van der Waals surface area contributed by atoms with Gasteiger partial charge in [0.05, 0.1) is 5.02 Å². The molecule has 3 rings (SSSR count). The highest BCUT2D eigenvalue weighted by molar-refractivity contribution is 7.99. The lowest BCUT2D eigenvalue weighted by atomic mass is 9.97. The Kier molecular flexibility index (Phi) is 6.91. The van der Waals surface area contributed by atoms with Crippen LogP contribution in [0.5, 0.6) is 0 Å². The molecule has 0 atom stereocenters. The van der Waals surface area contributed by atoms with Gasteiger partial charge < -0.3 is 15.2 Å². The minimum absolute atomic E-state index is 0. The van der Waals surface area contributed by atoms with Crippen molar-refractivity contribution in [1.29, 1.82) is 0 Å². The number of rotatable bonds is 4. The largest absolute Gasteiger partial charge is 0.326 e. The van der Waals surface area contributed by atoms with Crippen molar-refractivity contribution in [3.8, 4) is 0 Å². The normalized spacial score (nSPS) is 14.9. The van der Waals surface area contributed by atoms with Crippen LogP contribution < -0.4 is 10.6 Å². The fraction of sp³-hybridized carbons (Fsp3) is 0.400. The fourth-order valence-electron chi connectivity index (χ4n) is 2.45. The molecular formula is C15H19Cl2N5OS. The monoisotopic (exact) mass is 387 g/mol. The Morgan fingerprint density at radius 1 is 1.42 bits per heavy atom. The number of carbonyl (C=O) groups excluding carboxylic acids is 1. The predicted octanol–water partition coefficient (Wildman–Crippen LogP) is 2.98. The van der Waals surface area contributed by atoms with Gasteiger partial charge in [-0.05, 0) is 55.9 Å². The molecule has 0 saturated carbocycles. The van der Waals surface area contributed by atoms with Gasteiger partial charge in [-0.1, -0.05) is 11.6 Å². The van der Waals surface area contributed by atoms with Crippen LogP contribution in [0.4, 0.5) is 5.69 Å². The van der Waals surface area contributed by atoms with Gasteiger partial charge in [0.15, 0.2) is 5.16 Å². The summed E-state index contributed by atoms with van der Waals surface area (Å²) in [6.07, 6.45) is 3.39. The number of nitrogens with one attached hydrogen (secondary N) is 2. The zero-order valence-corrected chi connectivity index (χ0v) is 15.5. The lowest BCUT2D eigenvalue weighted by Crippen LogP contribution is -2.34. The average molecular weight is 388 g/mol. The average Bonchev–Trinajstić information content (AvgIpc) is 2.96. The Labute approximate surface area is 156 Å². The zero-order chi connectivity index (χ0) is 16.2. The molecule has 0 unspecified atom stereocenters. The maximum absolute atomic E-state index is 12.3. The van der Waals surface area contributed by atoms with Crippen LogP contribution in [0.3, 0.4) is 0 Å². The first-order valence-electron chi connectivity index (χ1n) is 7.46. The second kappa shape index (κ2) is 8.71. The second-order valence-corrected chi connectivity index (χ2v) is 6.90. The van der Waals surface area contributed by atoms with Crippen molar-refractivity contribution in [2.45, 2.75) is 22.9 Å². The van der Waals surface area contributed by atoms with E-state index in [9.17, 15) is 4.79 Å². The third-order valence-corrected chi connectivity index (χ3v) is 5.33. The lowest BCUT2D eigenvalue weighted by molar-refractivity contribution is -0.120. The zero-order valence-electron chi connectivity index (χ0n) is 13.2. The Bertz CT molecular complexity index is 703. The number of carbonyl (C=O) groups is 1. The maximum Gasteiger partial charge on any atom is 0.227 e. The van der Waals surface area contributed by atoms with Crippen LogP contribution in [-0.4, -0.2) is 33.8 Å². The van der Waals surface area contributed by atoms with E-state index in [-0.39, 0.29) is 24.2 Å². The summed E-state index contributed by atoms with van der Waals surface area (Å²) in [5.74, 6) is 0.138. The number of amides is 1. The number of nitrogens with zero attached hydrogens (tertiary/aromatic N) is 3. The molecule has 9 heteroatoms. The van der Waals surface area contributed by atoms with Gasteiger partial charge in [-0.25, -0.2) is 0 Å². The molecular weight excluding hydrogens is 369 g/mol. The van der Waals surface area contributed by atoms with Crippen LogP contribution in [0, 0.1) is 5.92 Å². The highest BCUT2D eigenvalue weighted by Gasteiger charge is 2.21. The number of hydrogen-bond donors (Lipinski definition) is 2. The summed E-state index contributed by atoms with van der Waals surface area (Å²) >= 11 is 7.77. The van der Waals surface area contributed by atoms with Gasteiger partial charge in [-0.2, -0.15) is 0 Å². The summed E-state index contributed by atoms with van der Waals surface area (Å²) in [6.45, 7) is 1.79. The standard InChI is InChI=1S/C15H18ClN5OS.ClH/c1-21-9-18-20-15(21)23-13-3-2-11(8-12(13)16)19-14(22)10-4-6-17-7-5-10;/h2-3,8-10,17H,4-7H2,1H3,(H,19,22);1H. The summed E-state index contributed by atoms with van der Waals surface area (Å²) in [6, 6.07) is 5.53. The Hall–Kier alpha value is -1.28. The van der Waals surface area contributed by atoms with Crippen LogP contribution in [0.15, 0.2) is 34.6 Å². The highest BCUT2D eigenvalue weighted by Crippen LogP contribution is 2.33. The van der Waals surface area contributed by atoms with E-state index >= 15 is 0 Å². The molecule has 1 aromatic carbocycles. The number of anilines is 1. The van der Waals surface area contributed by atoms with Crippen molar-refractivity contribution in [3.63, 3.8) is 0 Å². The van der Waals surface area contributed by atoms with E-state index in [2.05, 4.69) is 20.8 Å². The van der Waals surface area contributed by atoms with Gasteiger partial charge in [0.2, 0.25) is 5.91 Å². The molecule has 1 aromatic heterocycles. The maximum atomic E-state index is 12.3. The van der Waals surface area contributed by atoms with E-state index in [0.29, 0.717) is 5.02 Å². The van der Waals surface area contributed by atoms with E-state index < -0.39 is 0 Å². The van der Waals surface area contributed by atoms with Crippen molar-refractivity contribution in [2.24, 2.45) is 13.0 Å². The van der Waals surface area contributed by atoms with Crippen molar-refractivity contribution >= 4 is 47.4 Å². The van der Waals surface area contributed by atoms with E-state index in [4.69, 9.17) is 11.6 Å². The first kappa shape index (κ1) is 19.1. The minimum atomic E-state index is 0. The second-order valence-electron chi connectivity index (χ2n) is 5.49. The first-order valence-corrected chi connectivity index (χ1v) is 8.66. The Balaban J connectivity index is 0.00000208. The van der Waals surface area contributed by atoms with Gasteiger partial charge in [0, 0.05) is 23.5 Å². The molecule has 1 aliphatic rings. The van der Waals surface area contributed by atoms with Crippen molar-refractivity contribution in [1.82, 2.24) is 20.1 Å². The fourth-order valence-corrected chi connectivity index (χ4v) is 3.52. The summed E-state index contributed by atoms with van der Waals surface area (Å²) in [5.41, 5.74) is 0.723. The van der Waals surface area contributed by atoms with Gasteiger partial charge in [-0.15, -0.1) is 22.6 Å². The third kappa shape index (κ3) is 4.63. The molecule has 6 nitrogen and oxygen atoms in total. The van der Waals surface area contributed by atoms with E-state index in [1.807, 2.05) is 23.7 Å². The smallest absolute Gasteiger partial charge is 0.227 e. The number of hydrogen-bond acceptors (Lipinski definition) is 5. The molecule has 2 N–H and O–H groups in total. The van der Waals surface area contributed by atoms with Gasteiger partial charge in [-0.3, -0.25) is 4.79 Å². The van der Waals surface area contributed by atoms with E-state index in [1.165, 1.54) is 11.8 Å². The van der Waals surface area contributed by atoms with Crippen LogP contribution in [0.25, 0.3) is 0 Å². The van der Waals surface area contributed by atoms with E-state index in [1.54, 1.807) is 12.4 Å². The Morgan fingerprint density at radius 2 is 2.17 bits per heavy atom. The molecule has 0 radical (unpaired) electrons. The van der Waals surface area contributed by atoms with Crippen molar-refractivity contribution in [2.75, 3.05) is 18.4 Å². The quantitative estimate of drug-likeness (QED) is 0.843. The molecule has 2 heterocycles. The summed E-state index contributed by atoms with van der Waals surface area (Å²) < 4.78 is 1.83. The van der Waals surface area contributed by atoms with Crippen LogP contribution in [0.2, 0.25) is 5.02 Å². The molecule has 1 aliphatic heterocycles. The topological polar surface area (TPSA) is 71.8 Å². The number of benzene rings is 1. The summed E-state index contributed by atoms with van der Waals surface area (Å²) in [7, 11) is 1.88. The number of aryl methyl sites for hydroxylation is 1. The summed E-state index contributed by atoms with van der Waals surface area (Å²) in [4.78, 5) is 13.1. The van der Waals surface area contributed by atoms with Gasteiger partial charge in [0.1, 0.15) is 6.33 Å². The minimum Gasteiger partial charge on any atom is -0.326 e. The lowest BCUT2D eigenvalue weighted by Gasteiger charge is -2.21. The molecule has 0 aliphatic carbocycles. The number of piperidine rings is 1. The van der Waals surface area contributed by atoms with Crippen molar-refractivity contribution in [3.05, 3.63) is 29.5 Å². The van der Waals surface area contributed by atoms with E-state index in [0.717, 1.165) is 41.7 Å². The molecule has 24 heavy (non-hydrogen) atoms. The molecule has 130 valence electrons. The molecule has 2 aromatic rings. The first-order chi connectivity index (χ1) is 11.1. The molecule has 1 saturated heterocycles. The Morgan fingerprint density at radius 3 is 2.79 bits per heavy atom. The van der Waals surface area contributed by atoms with Crippen molar-refractivity contribution < 1.29 is 4.79 Å². The summed E-state index contributed by atoms with van der Waals surface area (Å²) in [5, 5.41) is 15.4. The third-order valence-electron chi connectivity index (χ3n) is 3.78.